The minimum Gasteiger partial charge on any atom is -0.492 e. The monoisotopic (exact) mass is 374 g/mol. The van der Waals surface area contributed by atoms with Crippen LogP contribution in [0.3, 0.4) is 0 Å². The van der Waals surface area contributed by atoms with E-state index in [-0.39, 0.29) is 17.4 Å². The average Bonchev–Trinajstić information content (AvgIpc) is 2.98. The van der Waals surface area contributed by atoms with Crippen molar-refractivity contribution in [3.05, 3.63) is 41.3 Å². The van der Waals surface area contributed by atoms with Crippen LogP contribution in [-0.4, -0.2) is 30.0 Å². The smallest absolute Gasteiger partial charge is 0.265 e. The highest BCUT2D eigenvalue weighted by molar-refractivity contribution is 7.17. The summed E-state index contributed by atoms with van der Waals surface area (Å²) in [5, 5.41) is 5.63. The lowest BCUT2D eigenvalue weighted by Crippen LogP contribution is -2.50. The van der Waals surface area contributed by atoms with Gasteiger partial charge >= 0.3 is 0 Å². The van der Waals surface area contributed by atoms with E-state index in [1.165, 1.54) is 11.3 Å². The van der Waals surface area contributed by atoms with Gasteiger partial charge in [-0.05, 0) is 46.2 Å². The van der Waals surface area contributed by atoms with Crippen LogP contribution in [0.25, 0.3) is 10.4 Å². The molecule has 1 aromatic carbocycles. The number of thiophene rings is 1. The lowest BCUT2D eigenvalue weighted by molar-refractivity contribution is -0.124. The SMILES string of the molecule is CCOc1cc(-c2ccccc2)sc1C(=O)NC(C)C(=O)NC(C)(C)C. The maximum Gasteiger partial charge on any atom is 0.265 e. The molecule has 2 aromatic rings. The summed E-state index contributed by atoms with van der Waals surface area (Å²) < 4.78 is 5.63. The summed E-state index contributed by atoms with van der Waals surface area (Å²) in [5.41, 5.74) is 0.673. The van der Waals surface area contributed by atoms with E-state index < -0.39 is 6.04 Å². The van der Waals surface area contributed by atoms with Gasteiger partial charge in [-0.1, -0.05) is 30.3 Å². The van der Waals surface area contributed by atoms with Crippen LogP contribution >= 0.6 is 11.3 Å². The van der Waals surface area contributed by atoms with Gasteiger partial charge < -0.3 is 15.4 Å². The molecule has 1 heterocycles. The van der Waals surface area contributed by atoms with Crippen LogP contribution in [0.15, 0.2) is 36.4 Å². The first-order chi connectivity index (χ1) is 12.2. The molecule has 1 aromatic heterocycles. The lowest BCUT2D eigenvalue weighted by Gasteiger charge is -2.23. The zero-order chi connectivity index (χ0) is 19.3. The van der Waals surface area contributed by atoms with Gasteiger partial charge in [-0.2, -0.15) is 0 Å². The summed E-state index contributed by atoms with van der Waals surface area (Å²) in [4.78, 5) is 26.3. The molecule has 0 spiro atoms. The highest BCUT2D eigenvalue weighted by Crippen LogP contribution is 2.36. The van der Waals surface area contributed by atoms with Crippen LogP contribution in [0.1, 0.15) is 44.3 Å². The summed E-state index contributed by atoms with van der Waals surface area (Å²) >= 11 is 1.36. The van der Waals surface area contributed by atoms with E-state index >= 15 is 0 Å². The maximum atomic E-state index is 12.7. The van der Waals surface area contributed by atoms with Crippen LogP contribution in [0.4, 0.5) is 0 Å². The first-order valence-electron chi connectivity index (χ1n) is 8.66. The summed E-state index contributed by atoms with van der Waals surface area (Å²) in [6.07, 6.45) is 0. The van der Waals surface area contributed by atoms with Crippen LogP contribution in [0.5, 0.6) is 5.75 Å². The lowest BCUT2D eigenvalue weighted by atomic mass is 10.1. The maximum absolute atomic E-state index is 12.7. The van der Waals surface area contributed by atoms with E-state index in [4.69, 9.17) is 4.74 Å². The van der Waals surface area contributed by atoms with Crippen molar-refractivity contribution in [2.75, 3.05) is 6.61 Å². The largest absolute Gasteiger partial charge is 0.492 e. The van der Waals surface area contributed by atoms with Crippen molar-refractivity contribution in [3.63, 3.8) is 0 Å². The molecule has 2 amide bonds. The number of rotatable bonds is 6. The topological polar surface area (TPSA) is 67.4 Å². The molecule has 0 radical (unpaired) electrons. The van der Waals surface area contributed by atoms with Crippen molar-refractivity contribution in [3.8, 4) is 16.2 Å². The predicted octanol–water partition coefficient (Wildman–Crippen LogP) is 3.85. The molecule has 6 heteroatoms. The van der Waals surface area contributed by atoms with E-state index in [1.807, 2.05) is 64.1 Å². The summed E-state index contributed by atoms with van der Waals surface area (Å²) in [7, 11) is 0. The Labute approximate surface area is 158 Å². The molecule has 1 unspecified atom stereocenters. The van der Waals surface area contributed by atoms with Crippen LogP contribution in [0.2, 0.25) is 0 Å². The van der Waals surface area contributed by atoms with Gasteiger partial charge in [-0.15, -0.1) is 11.3 Å². The van der Waals surface area contributed by atoms with E-state index in [2.05, 4.69) is 10.6 Å². The van der Waals surface area contributed by atoms with Crippen molar-refractivity contribution in [2.24, 2.45) is 0 Å². The van der Waals surface area contributed by atoms with Gasteiger partial charge in [-0.25, -0.2) is 0 Å². The van der Waals surface area contributed by atoms with E-state index in [1.54, 1.807) is 6.92 Å². The fourth-order valence-corrected chi connectivity index (χ4v) is 3.36. The van der Waals surface area contributed by atoms with Gasteiger partial charge in [0.1, 0.15) is 16.7 Å². The molecule has 2 rings (SSSR count). The zero-order valence-corrected chi connectivity index (χ0v) is 16.7. The molecule has 2 N–H and O–H groups in total. The minimum absolute atomic E-state index is 0.219. The van der Waals surface area contributed by atoms with Gasteiger partial charge in [0.2, 0.25) is 5.91 Å². The highest BCUT2D eigenvalue weighted by atomic mass is 32.1. The van der Waals surface area contributed by atoms with Gasteiger partial charge in [-0.3, -0.25) is 9.59 Å². The van der Waals surface area contributed by atoms with Gasteiger partial charge in [0.05, 0.1) is 6.61 Å². The number of ether oxygens (including phenoxy) is 1. The molecule has 0 fully saturated rings. The molecule has 0 bridgehead atoms. The van der Waals surface area contributed by atoms with Crippen molar-refractivity contribution in [1.82, 2.24) is 10.6 Å². The predicted molar refractivity (Wildman–Crippen MR) is 106 cm³/mol. The molecule has 0 aliphatic heterocycles. The summed E-state index contributed by atoms with van der Waals surface area (Å²) in [5.74, 6) is 0.0121. The Morgan fingerprint density at radius 3 is 2.42 bits per heavy atom. The number of carbonyl (C=O) groups excluding carboxylic acids is 2. The quantitative estimate of drug-likeness (QED) is 0.807. The van der Waals surface area contributed by atoms with E-state index in [0.717, 1.165) is 10.4 Å². The van der Waals surface area contributed by atoms with E-state index in [9.17, 15) is 9.59 Å². The number of carbonyl (C=O) groups is 2. The Bertz CT molecular complexity index is 763. The third-order valence-electron chi connectivity index (χ3n) is 3.50. The molecule has 5 nitrogen and oxygen atoms in total. The fraction of sp³-hybridized carbons (Fsp3) is 0.400. The van der Waals surface area contributed by atoms with Gasteiger partial charge in [0.15, 0.2) is 0 Å². The minimum atomic E-state index is -0.640. The number of nitrogens with one attached hydrogen (secondary N) is 2. The molecule has 1 atom stereocenters. The molecule has 0 aliphatic rings. The highest BCUT2D eigenvalue weighted by Gasteiger charge is 2.24. The second-order valence-electron chi connectivity index (χ2n) is 7.04. The average molecular weight is 375 g/mol. The molecule has 0 saturated heterocycles. The molecule has 0 aliphatic carbocycles. The second-order valence-corrected chi connectivity index (χ2v) is 8.09. The normalized spacial score (nSPS) is 12.3. The van der Waals surface area contributed by atoms with E-state index in [0.29, 0.717) is 17.2 Å². The Balaban J connectivity index is 2.19. The van der Waals surface area contributed by atoms with Crippen molar-refractivity contribution < 1.29 is 14.3 Å². The third-order valence-corrected chi connectivity index (χ3v) is 4.67. The Morgan fingerprint density at radius 2 is 1.85 bits per heavy atom. The number of amides is 2. The first kappa shape index (κ1) is 20.0. The van der Waals surface area contributed by atoms with Crippen molar-refractivity contribution in [2.45, 2.75) is 46.2 Å². The molecule has 140 valence electrons. The standard InChI is InChI=1S/C20H26N2O3S/c1-6-25-15-12-16(14-10-8-7-9-11-14)26-17(15)19(24)21-13(2)18(23)22-20(3,4)5/h7-13H,6H2,1-5H3,(H,21,24)(H,22,23). The molecular weight excluding hydrogens is 348 g/mol. The van der Waals surface area contributed by atoms with Gasteiger partial charge in [0.25, 0.3) is 5.91 Å². The van der Waals surface area contributed by atoms with Gasteiger partial charge in [0, 0.05) is 10.4 Å². The van der Waals surface area contributed by atoms with Crippen LogP contribution < -0.4 is 15.4 Å². The van der Waals surface area contributed by atoms with Crippen LogP contribution in [-0.2, 0) is 4.79 Å². The zero-order valence-electron chi connectivity index (χ0n) is 15.9. The van der Waals surface area contributed by atoms with Crippen LogP contribution in [0, 0.1) is 0 Å². The number of hydrogen-bond donors (Lipinski definition) is 2. The second kappa shape index (κ2) is 8.36. The fourth-order valence-electron chi connectivity index (χ4n) is 2.35. The number of hydrogen-bond acceptors (Lipinski definition) is 4. The summed E-state index contributed by atoms with van der Waals surface area (Å²) in [6, 6.07) is 11.1. The Hall–Kier alpha value is -2.34. The third kappa shape index (κ3) is 5.33. The molecular formula is C20H26N2O3S. The first-order valence-corrected chi connectivity index (χ1v) is 9.48. The summed E-state index contributed by atoms with van der Waals surface area (Å²) in [6.45, 7) is 9.71. The number of benzene rings is 1. The Kier molecular flexibility index (Phi) is 6.42. The Morgan fingerprint density at radius 1 is 1.19 bits per heavy atom. The van der Waals surface area contributed by atoms with Crippen molar-refractivity contribution in [1.29, 1.82) is 0 Å². The van der Waals surface area contributed by atoms with Crippen molar-refractivity contribution >= 4 is 23.2 Å². The molecule has 0 saturated carbocycles. The molecule has 26 heavy (non-hydrogen) atoms.